The highest BCUT2D eigenvalue weighted by molar-refractivity contribution is 5.76. The van der Waals surface area contributed by atoms with E-state index in [4.69, 9.17) is 4.74 Å². The fraction of sp³-hybridized carbons (Fsp3) is 0.893. The van der Waals surface area contributed by atoms with Crippen molar-refractivity contribution >= 4 is 11.9 Å². The van der Waals surface area contributed by atoms with Crippen molar-refractivity contribution in [2.24, 2.45) is 0 Å². The van der Waals surface area contributed by atoms with Crippen LogP contribution in [-0.4, -0.2) is 47.4 Å². The van der Waals surface area contributed by atoms with Crippen LogP contribution in [-0.2, 0) is 14.3 Å². The molecule has 0 aliphatic carbocycles. The highest BCUT2D eigenvalue weighted by Crippen LogP contribution is 2.16. The molecule has 0 radical (unpaired) electrons. The van der Waals surface area contributed by atoms with Gasteiger partial charge in [-0.3, -0.25) is 9.59 Å². The van der Waals surface area contributed by atoms with E-state index in [0.717, 1.165) is 64.2 Å². The maximum Gasteiger partial charge on any atom is 0.305 e. The number of carbonyl (C=O) groups excluding carboxylic acids is 2. The predicted octanol–water partition coefficient (Wildman–Crippen LogP) is 16.7. The summed E-state index contributed by atoms with van der Waals surface area (Å²) in [4.78, 5) is 24.5. The van der Waals surface area contributed by atoms with Gasteiger partial charge in [-0.25, -0.2) is 0 Å². The molecule has 2 unspecified atom stereocenters. The van der Waals surface area contributed by atoms with E-state index in [1.165, 1.54) is 199 Å². The van der Waals surface area contributed by atoms with Gasteiger partial charge in [0.15, 0.2) is 0 Å². The zero-order valence-electron chi connectivity index (χ0n) is 41.6. The van der Waals surface area contributed by atoms with Crippen LogP contribution in [0.15, 0.2) is 24.3 Å². The summed E-state index contributed by atoms with van der Waals surface area (Å²) in [6.07, 6.45) is 61.5. The lowest BCUT2D eigenvalue weighted by Gasteiger charge is -2.22. The zero-order chi connectivity index (χ0) is 45.1. The number of rotatable bonds is 51. The van der Waals surface area contributed by atoms with Gasteiger partial charge in [0.25, 0.3) is 0 Å². The normalized spacial score (nSPS) is 12.8. The van der Waals surface area contributed by atoms with E-state index in [0.29, 0.717) is 25.9 Å². The SMILES string of the molecule is CCCCCCC/C=C\CCCCCCCC(=O)OCCCCCCCCC/C=C\CCCCCCCC(=O)NC(CO)C(O)CCCCCCCCCCCCCCCCC. The van der Waals surface area contributed by atoms with Crippen LogP contribution in [0.4, 0.5) is 0 Å². The molecule has 6 nitrogen and oxygen atoms in total. The lowest BCUT2D eigenvalue weighted by Crippen LogP contribution is -2.45. The molecule has 0 heterocycles. The van der Waals surface area contributed by atoms with Gasteiger partial charge in [0.1, 0.15) is 0 Å². The van der Waals surface area contributed by atoms with Crippen molar-refractivity contribution in [2.75, 3.05) is 13.2 Å². The van der Waals surface area contributed by atoms with Crippen LogP contribution in [0.3, 0.4) is 0 Å². The number of nitrogens with one attached hydrogen (secondary N) is 1. The average molecular weight is 874 g/mol. The predicted molar refractivity (Wildman–Crippen MR) is 269 cm³/mol. The van der Waals surface area contributed by atoms with Crippen molar-refractivity contribution in [3.63, 3.8) is 0 Å². The molecule has 0 saturated carbocycles. The fourth-order valence-corrected chi connectivity index (χ4v) is 8.45. The maximum absolute atomic E-state index is 12.5. The Morgan fingerprint density at radius 3 is 1.15 bits per heavy atom. The molecule has 6 heteroatoms. The highest BCUT2D eigenvalue weighted by Gasteiger charge is 2.20. The minimum absolute atomic E-state index is 0.0113. The first-order valence-electron chi connectivity index (χ1n) is 27.6. The first-order valence-corrected chi connectivity index (χ1v) is 27.6. The molecule has 0 bridgehead atoms. The van der Waals surface area contributed by atoms with Gasteiger partial charge in [0.05, 0.1) is 25.4 Å². The molecule has 0 aliphatic heterocycles. The molecule has 2 atom stereocenters. The Kier molecular flexibility index (Phi) is 50.6. The molecule has 3 N–H and O–H groups in total. The maximum atomic E-state index is 12.5. The number of aliphatic hydroxyl groups excluding tert-OH is 2. The summed E-state index contributed by atoms with van der Waals surface area (Å²) in [6.45, 7) is 4.92. The van der Waals surface area contributed by atoms with Gasteiger partial charge in [-0.05, 0) is 77.0 Å². The number of ether oxygens (including phenoxy) is 1. The Bertz CT molecular complexity index is 966. The van der Waals surface area contributed by atoms with Crippen LogP contribution in [0, 0.1) is 0 Å². The van der Waals surface area contributed by atoms with Gasteiger partial charge < -0.3 is 20.3 Å². The Balaban J connectivity index is 3.47. The second kappa shape index (κ2) is 52.0. The Morgan fingerprint density at radius 2 is 0.758 bits per heavy atom. The average Bonchev–Trinajstić information content (AvgIpc) is 3.27. The Hall–Kier alpha value is -1.66. The van der Waals surface area contributed by atoms with Crippen molar-refractivity contribution < 1.29 is 24.5 Å². The summed E-state index contributed by atoms with van der Waals surface area (Å²) in [5, 5.41) is 23.2. The minimum Gasteiger partial charge on any atom is -0.466 e. The number of amides is 1. The zero-order valence-corrected chi connectivity index (χ0v) is 41.6. The van der Waals surface area contributed by atoms with Crippen LogP contribution >= 0.6 is 0 Å². The van der Waals surface area contributed by atoms with E-state index in [1.807, 2.05) is 0 Å². The third kappa shape index (κ3) is 47.8. The van der Waals surface area contributed by atoms with Crippen molar-refractivity contribution in [1.29, 1.82) is 0 Å². The number of hydrogen-bond donors (Lipinski definition) is 3. The first kappa shape index (κ1) is 60.3. The molecule has 366 valence electrons. The molecule has 0 rings (SSSR count). The lowest BCUT2D eigenvalue weighted by molar-refractivity contribution is -0.143. The summed E-state index contributed by atoms with van der Waals surface area (Å²) < 4.78 is 5.46. The van der Waals surface area contributed by atoms with E-state index in [2.05, 4.69) is 43.5 Å². The number of unbranched alkanes of at least 4 members (excludes halogenated alkanes) is 36. The van der Waals surface area contributed by atoms with Crippen LogP contribution in [0.1, 0.15) is 296 Å². The molecule has 0 aromatic carbocycles. The molecule has 0 spiro atoms. The Morgan fingerprint density at radius 1 is 0.435 bits per heavy atom. The standard InChI is InChI=1S/C56H107NO5/c1-3-5-7-9-11-13-15-17-21-24-28-32-36-40-44-48-54(59)53(52-58)57-55(60)49-45-41-37-33-29-25-22-19-20-23-27-31-35-39-43-47-51-62-56(61)50-46-42-38-34-30-26-18-16-14-12-10-8-6-4-2/h16,18-19,22,53-54,58-59H,3-15,17,20-21,23-52H2,1-2H3,(H,57,60)/b18-16-,22-19-. The van der Waals surface area contributed by atoms with Crippen LogP contribution in [0.25, 0.3) is 0 Å². The highest BCUT2D eigenvalue weighted by atomic mass is 16.5. The van der Waals surface area contributed by atoms with E-state index in [9.17, 15) is 19.8 Å². The monoisotopic (exact) mass is 874 g/mol. The van der Waals surface area contributed by atoms with Gasteiger partial charge in [-0.1, -0.05) is 231 Å². The molecule has 0 aromatic heterocycles. The Labute approximate surface area is 386 Å². The summed E-state index contributed by atoms with van der Waals surface area (Å²) in [5.74, 6) is -0.0627. The topological polar surface area (TPSA) is 95.9 Å². The molecule has 0 aliphatic rings. The van der Waals surface area contributed by atoms with Gasteiger partial charge in [-0.2, -0.15) is 0 Å². The summed E-state index contributed by atoms with van der Waals surface area (Å²) in [7, 11) is 0. The van der Waals surface area contributed by atoms with Gasteiger partial charge in [0.2, 0.25) is 5.91 Å². The van der Waals surface area contributed by atoms with E-state index >= 15 is 0 Å². The van der Waals surface area contributed by atoms with Crippen LogP contribution in [0.2, 0.25) is 0 Å². The molecular formula is C56H107NO5. The molecule has 1 amide bonds. The third-order valence-corrected chi connectivity index (χ3v) is 12.7. The molecule has 0 fully saturated rings. The lowest BCUT2D eigenvalue weighted by atomic mass is 10.0. The first-order chi connectivity index (χ1) is 30.5. The van der Waals surface area contributed by atoms with Crippen LogP contribution < -0.4 is 5.32 Å². The van der Waals surface area contributed by atoms with Gasteiger partial charge in [-0.15, -0.1) is 0 Å². The second-order valence-electron chi connectivity index (χ2n) is 18.9. The van der Waals surface area contributed by atoms with Crippen molar-refractivity contribution in [3.8, 4) is 0 Å². The van der Waals surface area contributed by atoms with E-state index < -0.39 is 12.1 Å². The second-order valence-corrected chi connectivity index (χ2v) is 18.9. The largest absolute Gasteiger partial charge is 0.466 e. The molecule has 0 aromatic rings. The number of hydrogen-bond acceptors (Lipinski definition) is 5. The van der Waals surface area contributed by atoms with E-state index in [1.54, 1.807) is 0 Å². The summed E-state index contributed by atoms with van der Waals surface area (Å²) in [5.41, 5.74) is 0. The smallest absolute Gasteiger partial charge is 0.305 e. The van der Waals surface area contributed by atoms with E-state index in [-0.39, 0.29) is 18.5 Å². The van der Waals surface area contributed by atoms with Crippen molar-refractivity contribution in [2.45, 2.75) is 309 Å². The van der Waals surface area contributed by atoms with Gasteiger partial charge in [0, 0.05) is 12.8 Å². The van der Waals surface area contributed by atoms with Gasteiger partial charge >= 0.3 is 5.97 Å². The molecular weight excluding hydrogens is 767 g/mol. The quantitative estimate of drug-likeness (QED) is 0.0321. The number of allylic oxidation sites excluding steroid dienone is 4. The van der Waals surface area contributed by atoms with Crippen LogP contribution in [0.5, 0.6) is 0 Å². The third-order valence-electron chi connectivity index (χ3n) is 12.7. The summed E-state index contributed by atoms with van der Waals surface area (Å²) >= 11 is 0. The summed E-state index contributed by atoms with van der Waals surface area (Å²) in [6, 6.07) is -0.553. The van der Waals surface area contributed by atoms with Crippen molar-refractivity contribution in [1.82, 2.24) is 5.32 Å². The molecule has 62 heavy (non-hydrogen) atoms. The fourth-order valence-electron chi connectivity index (χ4n) is 8.45. The minimum atomic E-state index is -0.674. The van der Waals surface area contributed by atoms with Crippen molar-refractivity contribution in [3.05, 3.63) is 24.3 Å². The number of esters is 1. The number of aliphatic hydroxyl groups is 2. The number of carbonyl (C=O) groups is 2. The molecule has 0 saturated heterocycles.